The molecule has 0 fully saturated rings. The lowest BCUT2D eigenvalue weighted by Gasteiger charge is -2.12. The van der Waals surface area contributed by atoms with Crippen LogP contribution in [0.2, 0.25) is 0 Å². The summed E-state index contributed by atoms with van der Waals surface area (Å²) >= 11 is 1.42. The lowest BCUT2D eigenvalue weighted by molar-refractivity contribution is 0.0950. The number of carbonyl (C=O) groups is 1. The van der Waals surface area contributed by atoms with E-state index < -0.39 is 0 Å². The van der Waals surface area contributed by atoms with E-state index in [1.54, 1.807) is 0 Å². The molecule has 110 valence electrons. The molecule has 1 amide bonds. The van der Waals surface area contributed by atoms with Crippen LogP contribution in [0.5, 0.6) is 0 Å². The van der Waals surface area contributed by atoms with E-state index in [9.17, 15) is 4.79 Å². The lowest BCUT2D eigenvalue weighted by atomic mass is 10.0. The van der Waals surface area contributed by atoms with Crippen molar-refractivity contribution in [2.75, 3.05) is 13.2 Å². The normalized spacial score (nSPS) is 10.2. The Morgan fingerprint density at radius 1 is 1.45 bits per heavy atom. The Kier molecular flexibility index (Phi) is 7.35. The molecule has 0 atom stereocenters. The number of nitrogens with one attached hydrogen (secondary N) is 1. The summed E-state index contributed by atoms with van der Waals surface area (Å²) in [6.45, 7) is 7.04. The third-order valence-electron chi connectivity index (χ3n) is 3.29. The SMILES string of the molecule is CCC(CC)CNC(=O)c1cc(C)c(C#CCCO)s1. The molecule has 0 saturated carbocycles. The maximum absolute atomic E-state index is 12.1. The summed E-state index contributed by atoms with van der Waals surface area (Å²) in [7, 11) is 0. The lowest BCUT2D eigenvalue weighted by Crippen LogP contribution is -2.28. The third kappa shape index (κ3) is 4.99. The van der Waals surface area contributed by atoms with Crippen LogP contribution in [0.25, 0.3) is 0 Å². The summed E-state index contributed by atoms with van der Waals surface area (Å²) < 4.78 is 0. The number of thiophene rings is 1. The summed E-state index contributed by atoms with van der Waals surface area (Å²) in [6, 6.07) is 1.88. The molecule has 0 saturated heterocycles. The Balaban J connectivity index is 2.66. The van der Waals surface area contributed by atoms with E-state index in [4.69, 9.17) is 5.11 Å². The molecule has 2 N–H and O–H groups in total. The van der Waals surface area contributed by atoms with Crippen molar-refractivity contribution in [1.29, 1.82) is 0 Å². The first kappa shape index (κ1) is 16.7. The van der Waals surface area contributed by atoms with Gasteiger partial charge in [0, 0.05) is 13.0 Å². The number of hydrogen-bond acceptors (Lipinski definition) is 3. The Bertz CT molecular complexity index is 492. The van der Waals surface area contributed by atoms with Crippen molar-refractivity contribution in [2.24, 2.45) is 5.92 Å². The zero-order chi connectivity index (χ0) is 15.0. The first-order valence-corrected chi connectivity index (χ1v) is 7.92. The van der Waals surface area contributed by atoms with E-state index in [1.807, 2.05) is 13.0 Å². The molecule has 4 heteroatoms. The monoisotopic (exact) mass is 293 g/mol. The summed E-state index contributed by atoms with van der Waals surface area (Å²) in [5.41, 5.74) is 1.02. The molecule has 1 rings (SSSR count). The van der Waals surface area contributed by atoms with Gasteiger partial charge in [-0.1, -0.05) is 38.5 Å². The third-order valence-corrected chi connectivity index (χ3v) is 4.44. The zero-order valence-electron chi connectivity index (χ0n) is 12.5. The minimum absolute atomic E-state index is 0.0137. The zero-order valence-corrected chi connectivity index (χ0v) is 13.3. The molecular weight excluding hydrogens is 270 g/mol. The number of aliphatic hydroxyl groups is 1. The first-order valence-electron chi connectivity index (χ1n) is 7.10. The van der Waals surface area contributed by atoms with Gasteiger partial charge in [-0.2, -0.15) is 0 Å². The average Bonchev–Trinajstić information content (AvgIpc) is 2.81. The fourth-order valence-electron chi connectivity index (χ4n) is 1.82. The average molecular weight is 293 g/mol. The van der Waals surface area contributed by atoms with Crippen LogP contribution in [-0.2, 0) is 0 Å². The van der Waals surface area contributed by atoms with Gasteiger partial charge in [-0.15, -0.1) is 11.3 Å². The topological polar surface area (TPSA) is 49.3 Å². The molecule has 0 aliphatic carbocycles. The number of hydrogen-bond donors (Lipinski definition) is 2. The van der Waals surface area contributed by atoms with E-state index in [2.05, 4.69) is 31.0 Å². The highest BCUT2D eigenvalue weighted by Crippen LogP contribution is 2.21. The van der Waals surface area contributed by atoms with Crippen LogP contribution in [0.3, 0.4) is 0 Å². The number of carbonyl (C=O) groups excluding carboxylic acids is 1. The second kappa shape index (κ2) is 8.78. The largest absolute Gasteiger partial charge is 0.395 e. The molecule has 0 spiro atoms. The highest BCUT2D eigenvalue weighted by molar-refractivity contribution is 7.14. The van der Waals surface area contributed by atoms with E-state index in [1.165, 1.54) is 11.3 Å². The molecular formula is C16H23NO2S. The van der Waals surface area contributed by atoms with E-state index >= 15 is 0 Å². The van der Waals surface area contributed by atoms with Crippen molar-refractivity contribution in [3.05, 3.63) is 21.4 Å². The molecule has 0 aromatic carbocycles. The Hall–Kier alpha value is -1.31. The first-order chi connectivity index (χ1) is 9.62. The minimum Gasteiger partial charge on any atom is -0.395 e. The van der Waals surface area contributed by atoms with Crippen LogP contribution >= 0.6 is 11.3 Å². The molecule has 0 aliphatic heterocycles. The molecule has 0 aliphatic rings. The summed E-state index contributed by atoms with van der Waals surface area (Å²) in [5, 5.41) is 11.7. The van der Waals surface area contributed by atoms with E-state index in [-0.39, 0.29) is 12.5 Å². The van der Waals surface area contributed by atoms with Gasteiger partial charge in [-0.3, -0.25) is 4.79 Å². The Morgan fingerprint density at radius 2 is 2.15 bits per heavy atom. The van der Waals surface area contributed by atoms with Crippen LogP contribution < -0.4 is 5.32 Å². The van der Waals surface area contributed by atoms with Gasteiger partial charge >= 0.3 is 0 Å². The Morgan fingerprint density at radius 3 is 2.75 bits per heavy atom. The van der Waals surface area contributed by atoms with E-state index in [0.717, 1.165) is 29.8 Å². The highest BCUT2D eigenvalue weighted by Gasteiger charge is 2.12. The van der Waals surface area contributed by atoms with Gasteiger partial charge in [0.1, 0.15) is 0 Å². The quantitative estimate of drug-likeness (QED) is 0.792. The van der Waals surface area contributed by atoms with Gasteiger partial charge in [0.05, 0.1) is 16.4 Å². The smallest absolute Gasteiger partial charge is 0.261 e. The number of amides is 1. The Labute approximate surface area is 125 Å². The summed E-state index contributed by atoms with van der Waals surface area (Å²) in [5.74, 6) is 6.43. The number of aliphatic hydroxyl groups excluding tert-OH is 1. The van der Waals surface area contributed by atoms with Gasteiger partial charge in [-0.05, 0) is 24.5 Å². The van der Waals surface area contributed by atoms with E-state index in [0.29, 0.717) is 17.2 Å². The maximum atomic E-state index is 12.1. The van der Waals surface area contributed by atoms with Gasteiger partial charge in [0.2, 0.25) is 0 Å². The second-order valence-corrected chi connectivity index (χ2v) is 5.84. The van der Waals surface area contributed by atoms with Gasteiger partial charge in [0.15, 0.2) is 0 Å². The number of rotatable bonds is 6. The fourth-order valence-corrected chi connectivity index (χ4v) is 2.78. The maximum Gasteiger partial charge on any atom is 0.261 e. The van der Waals surface area contributed by atoms with Crippen molar-refractivity contribution in [3.63, 3.8) is 0 Å². The van der Waals surface area contributed by atoms with Gasteiger partial charge in [-0.25, -0.2) is 0 Å². The van der Waals surface area contributed by atoms with Crippen LogP contribution in [-0.4, -0.2) is 24.2 Å². The summed E-state index contributed by atoms with van der Waals surface area (Å²) in [4.78, 5) is 13.7. The standard InChI is InChI=1S/C16H23NO2S/c1-4-13(5-2)11-17-16(19)15-10-12(3)14(20-15)8-6-7-9-18/h10,13,18H,4-5,7,9,11H2,1-3H3,(H,17,19). The van der Waals surface area contributed by atoms with Crippen LogP contribution in [0.4, 0.5) is 0 Å². The predicted molar refractivity (Wildman–Crippen MR) is 84.0 cm³/mol. The van der Waals surface area contributed by atoms with Gasteiger partial charge in [0.25, 0.3) is 5.91 Å². The second-order valence-electron chi connectivity index (χ2n) is 4.79. The van der Waals surface area contributed by atoms with Gasteiger partial charge < -0.3 is 10.4 Å². The summed E-state index contributed by atoms with van der Waals surface area (Å²) in [6.07, 6.45) is 2.63. The number of aryl methyl sites for hydroxylation is 1. The van der Waals surface area contributed by atoms with Crippen LogP contribution in [0, 0.1) is 24.7 Å². The van der Waals surface area contributed by atoms with Crippen molar-refractivity contribution < 1.29 is 9.90 Å². The molecule has 0 bridgehead atoms. The molecule has 0 unspecified atom stereocenters. The van der Waals surface area contributed by atoms with Crippen molar-refractivity contribution in [2.45, 2.75) is 40.0 Å². The molecule has 3 nitrogen and oxygen atoms in total. The van der Waals surface area contributed by atoms with Crippen molar-refractivity contribution in [1.82, 2.24) is 5.32 Å². The fraction of sp³-hybridized carbons (Fsp3) is 0.562. The molecule has 20 heavy (non-hydrogen) atoms. The highest BCUT2D eigenvalue weighted by atomic mass is 32.1. The van der Waals surface area contributed by atoms with Crippen molar-refractivity contribution in [3.8, 4) is 11.8 Å². The molecule has 0 radical (unpaired) electrons. The molecule has 1 heterocycles. The minimum atomic E-state index is -0.0137. The molecule has 1 aromatic rings. The molecule has 1 aromatic heterocycles. The van der Waals surface area contributed by atoms with Crippen LogP contribution in [0.1, 0.15) is 53.2 Å². The van der Waals surface area contributed by atoms with Crippen molar-refractivity contribution >= 4 is 17.2 Å². The predicted octanol–water partition coefficient (Wildman–Crippen LogP) is 2.96. The van der Waals surface area contributed by atoms with Crippen LogP contribution in [0.15, 0.2) is 6.07 Å².